The fraction of sp³-hybridized carbons (Fsp3) is 0.100. The summed E-state index contributed by atoms with van der Waals surface area (Å²) < 4.78 is 5.31. The van der Waals surface area contributed by atoms with Crippen molar-refractivity contribution in [3.63, 3.8) is 0 Å². The number of fused-ring (bicyclic) bond motifs is 1. The minimum atomic E-state index is -0.495. The monoisotopic (exact) mass is 282 g/mol. The quantitative estimate of drug-likeness (QED) is 0.804. The van der Waals surface area contributed by atoms with Gasteiger partial charge in [0.1, 0.15) is 5.52 Å². The standard InChI is InChI=1S/C10H7BrN2O3/c1-16-10(15)6-2-5(11)3-7-9(6)12-4-8(14)13-7/h2-4H,1H3,(H,13,14). The molecule has 0 spiro atoms. The molecule has 0 aliphatic rings. The first kappa shape index (κ1) is 10.8. The topological polar surface area (TPSA) is 72.1 Å². The highest BCUT2D eigenvalue weighted by atomic mass is 79.9. The summed E-state index contributed by atoms with van der Waals surface area (Å²) in [6, 6.07) is 3.27. The minimum absolute atomic E-state index is 0.308. The van der Waals surface area contributed by atoms with Gasteiger partial charge in [0.2, 0.25) is 0 Å². The van der Waals surface area contributed by atoms with Gasteiger partial charge in [-0.3, -0.25) is 4.79 Å². The second-order valence-corrected chi connectivity index (χ2v) is 4.00. The summed E-state index contributed by atoms with van der Waals surface area (Å²) in [5, 5.41) is 0. The zero-order chi connectivity index (χ0) is 11.7. The average molecular weight is 283 g/mol. The maximum Gasteiger partial charge on any atom is 0.340 e. The zero-order valence-electron chi connectivity index (χ0n) is 8.28. The van der Waals surface area contributed by atoms with Gasteiger partial charge in [-0.2, -0.15) is 0 Å². The minimum Gasteiger partial charge on any atom is -0.465 e. The Morgan fingerprint density at radius 2 is 2.25 bits per heavy atom. The number of hydrogen-bond donors (Lipinski definition) is 1. The summed E-state index contributed by atoms with van der Waals surface area (Å²) in [4.78, 5) is 29.1. The summed E-state index contributed by atoms with van der Waals surface area (Å²) in [5.41, 5.74) is 0.890. The van der Waals surface area contributed by atoms with E-state index in [0.29, 0.717) is 21.1 Å². The van der Waals surface area contributed by atoms with Crippen molar-refractivity contribution < 1.29 is 9.53 Å². The lowest BCUT2D eigenvalue weighted by atomic mass is 10.2. The van der Waals surface area contributed by atoms with Gasteiger partial charge < -0.3 is 9.72 Å². The van der Waals surface area contributed by atoms with Crippen molar-refractivity contribution in [1.82, 2.24) is 9.97 Å². The van der Waals surface area contributed by atoms with E-state index in [1.54, 1.807) is 12.1 Å². The van der Waals surface area contributed by atoms with Crippen LogP contribution in [0.2, 0.25) is 0 Å². The predicted molar refractivity (Wildman–Crippen MR) is 61.4 cm³/mol. The van der Waals surface area contributed by atoms with Gasteiger partial charge >= 0.3 is 5.97 Å². The molecular weight excluding hydrogens is 276 g/mol. The Kier molecular flexibility index (Phi) is 2.74. The molecule has 0 bridgehead atoms. The van der Waals surface area contributed by atoms with E-state index < -0.39 is 5.97 Å². The first-order valence-corrected chi connectivity index (χ1v) is 5.18. The molecule has 0 saturated carbocycles. The van der Waals surface area contributed by atoms with Crippen molar-refractivity contribution in [1.29, 1.82) is 0 Å². The number of H-pyrrole nitrogens is 1. The van der Waals surface area contributed by atoms with E-state index >= 15 is 0 Å². The van der Waals surface area contributed by atoms with Crippen LogP contribution < -0.4 is 5.56 Å². The van der Waals surface area contributed by atoms with Crippen LogP contribution >= 0.6 is 15.9 Å². The second-order valence-electron chi connectivity index (χ2n) is 3.09. The van der Waals surface area contributed by atoms with Crippen LogP contribution in [-0.2, 0) is 4.74 Å². The van der Waals surface area contributed by atoms with E-state index in [-0.39, 0.29) is 5.56 Å². The maximum atomic E-state index is 11.5. The van der Waals surface area contributed by atoms with Gasteiger partial charge in [-0.05, 0) is 12.1 Å². The van der Waals surface area contributed by atoms with E-state index in [4.69, 9.17) is 0 Å². The fourth-order valence-electron chi connectivity index (χ4n) is 1.39. The number of ether oxygens (including phenoxy) is 1. The van der Waals surface area contributed by atoms with Crippen molar-refractivity contribution in [3.8, 4) is 0 Å². The van der Waals surface area contributed by atoms with Gasteiger partial charge in [0.15, 0.2) is 0 Å². The van der Waals surface area contributed by atoms with E-state index in [1.165, 1.54) is 7.11 Å². The second kappa shape index (κ2) is 4.05. The number of hydrogen-bond acceptors (Lipinski definition) is 4. The number of methoxy groups -OCH3 is 1. The SMILES string of the molecule is COC(=O)c1cc(Br)cc2[nH]c(=O)cnc12. The Hall–Kier alpha value is -1.69. The molecule has 0 atom stereocenters. The highest BCUT2D eigenvalue weighted by Crippen LogP contribution is 2.21. The molecule has 0 unspecified atom stereocenters. The average Bonchev–Trinajstić information content (AvgIpc) is 2.26. The number of nitrogens with one attached hydrogen (secondary N) is 1. The van der Waals surface area contributed by atoms with Crippen molar-refractivity contribution in [2.75, 3.05) is 7.11 Å². The molecule has 1 aromatic carbocycles. The van der Waals surface area contributed by atoms with Gasteiger partial charge in [0, 0.05) is 4.47 Å². The highest BCUT2D eigenvalue weighted by Gasteiger charge is 2.13. The van der Waals surface area contributed by atoms with Crippen LogP contribution in [0.4, 0.5) is 0 Å². The van der Waals surface area contributed by atoms with Crippen LogP contribution in [0.15, 0.2) is 27.6 Å². The maximum absolute atomic E-state index is 11.5. The van der Waals surface area contributed by atoms with Crippen LogP contribution in [0.3, 0.4) is 0 Å². The lowest BCUT2D eigenvalue weighted by Gasteiger charge is -2.04. The number of halogens is 1. The Morgan fingerprint density at radius 3 is 2.94 bits per heavy atom. The highest BCUT2D eigenvalue weighted by molar-refractivity contribution is 9.10. The van der Waals surface area contributed by atoms with Gasteiger partial charge in [-0.1, -0.05) is 15.9 Å². The number of carbonyl (C=O) groups excluding carboxylic acids is 1. The third-order valence-corrected chi connectivity index (χ3v) is 2.51. The summed E-state index contributed by atoms with van der Waals surface area (Å²) in [7, 11) is 1.29. The molecule has 0 saturated heterocycles. The number of aromatic nitrogens is 2. The van der Waals surface area contributed by atoms with Gasteiger partial charge in [0.25, 0.3) is 5.56 Å². The summed E-state index contributed by atoms with van der Waals surface area (Å²) in [6.07, 6.45) is 1.13. The number of rotatable bonds is 1. The molecule has 0 aliphatic heterocycles. The number of benzene rings is 1. The molecule has 0 fully saturated rings. The Labute approximate surface area is 98.6 Å². The number of esters is 1. The van der Waals surface area contributed by atoms with Gasteiger partial charge in [-0.25, -0.2) is 9.78 Å². The summed E-state index contributed by atoms with van der Waals surface area (Å²) >= 11 is 3.25. The Balaban J connectivity index is 2.82. The van der Waals surface area contributed by atoms with Crippen LogP contribution in [0.1, 0.15) is 10.4 Å². The predicted octanol–water partition coefficient (Wildman–Crippen LogP) is 1.47. The van der Waals surface area contributed by atoms with Crippen molar-refractivity contribution >= 4 is 32.9 Å². The number of nitrogens with zero attached hydrogens (tertiary/aromatic N) is 1. The van der Waals surface area contributed by atoms with E-state index in [1.807, 2.05) is 0 Å². The first-order valence-electron chi connectivity index (χ1n) is 4.38. The molecule has 1 heterocycles. The van der Waals surface area contributed by atoms with Crippen LogP contribution in [0.5, 0.6) is 0 Å². The molecule has 1 N–H and O–H groups in total. The summed E-state index contributed by atoms with van der Waals surface area (Å²) in [6.45, 7) is 0. The molecule has 82 valence electrons. The van der Waals surface area contributed by atoms with Crippen molar-refractivity contribution in [3.05, 3.63) is 38.7 Å². The molecule has 2 aromatic rings. The van der Waals surface area contributed by atoms with Crippen LogP contribution in [0.25, 0.3) is 11.0 Å². The lowest BCUT2D eigenvalue weighted by molar-refractivity contribution is 0.0602. The van der Waals surface area contributed by atoms with Gasteiger partial charge in [-0.15, -0.1) is 0 Å². The van der Waals surface area contributed by atoms with Crippen molar-refractivity contribution in [2.24, 2.45) is 0 Å². The van der Waals surface area contributed by atoms with Crippen molar-refractivity contribution in [2.45, 2.75) is 0 Å². The van der Waals surface area contributed by atoms with E-state index in [2.05, 4.69) is 30.6 Å². The zero-order valence-corrected chi connectivity index (χ0v) is 9.87. The Bertz CT molecular complexity index is 621. The largest absolute Gasteiger partial charge is 0.465 e. The normalized spacial score (nSPS) is 10.4. The summed E-state index contributed by atoms with van der Waals surface area (Å²) in [5.74, 6) is -0.495. The molecule has 0 radical (unpaired) electrons. The third kappa shape index (κ3) is 1.83. The molecule has 16 heavy (non-hydrogen) atoms. The fourth-order valence-corrected chi connectivity index (χ4v) is 1.85. The van der Waals surface area contributed by atoms with E-state index in [0.717, 1.165) is 6.20 Å². The molecule has 1 aromatic heterocycles. The van der Waals surface area contributed by atoms with Crippen LogP contribution in [0, 0.1) is 0 Å². The smallest absolute Gasteiger partial charge is 0.340 e. The molecule has 6 heteroatoms. The Morgan fingerprint density at radius 1 is 1.50 bits per heavy atom. The van der Waals surface area contributed by atoms with E-state index in [9.17, 15) is 9.59 Å². The van der Waals surface area contributed by atoms with Crippen LogP contribution in [-0.4, -0.2) is 23.0 Å². The number of aromatic amines is 1. The molecule has 2 rings (SSSR count). The molecule has 0 amide bonds. The van der Waals surface area contributed by atoms with Gasteiger partial charge in [0.05, 0.1) is 24.4 Å². The molecule has 5 nitrogen and oxygen atoms in total. The first-order chi connectivity index (χ1) is 7.61. The molecule has 0 aliphatic carbocycles. The lowest BCUT2D eigenvalue weighted by Crippen LogP contribution is -2.09. The number of carbonyl (C=O) groups is 1. The third-order valence-electron chi connectivity index (χ3n) is 2.05. The molecular formula is C10H7BrN2O3.